The largest absolute Gasteiger partial charge is 0.288 e. The zero-order chi connectivity index (χ0) is 22.7. The van der Waals surface area contributed by atoms with Crippen molar-refractivity contribution in [2.24, 2.45) is 0 Å². The third kappa shape index (κ3) is 8.42. The van der Waals surface area contributed by atoms with Gasteiger partial charge in [0.2, 0.25) is 0 Å². The molecule has 170 valence electrons. The van der Waals surface area contributed by atoms with Crippen LogP contribution < -0.4 is 5.32 Å². The summed E-state index contributed by atoms with van der Waals surface area (Å²) in [7, 11) is -3.73. The second-order valence-electron chi connectivity index (χ2n) is 7.96. The predicted octanol–water partition coefficient (Wildman–Crippen LogP) is 5.52. The van der Waals surface area contributed by atoms with Crippen LogP contribution in [0.15, 0.2) is 36.4 Å². The van der Waals surface area contributed by atoms with Crippen molar-refractivity contribution in [3.8, 4) is 0 Å². The van der Waals surface area contributed by atoms with Gasteiger partial charge in [-0.1, -0.05) is 95.0 Å². The van der Waals surface area contributed by atoms with Gasteiger partial charge >= 0.3 is 0 Å². The minimum atomic E-state index is -3.73. The molecule has 1 aliphatic heterocycles. The van der Waals surface area contributed by atoms with Crippen LogP contribution in [0.25, 0.3) is 10.8 Å². The lowest BCUT2D eigenvalue weighted by atomic mass is 10.0. The molecule has 0 fully saturated rings. The summed E-state index contributed by atoms with van der Waals surface area (Å²) in [6.45, 7) is 2.22. The van der Waals surface area contributed by atoms with Gasteiger partial charge in [0.05, 0.1) is 16.9 Å². The van der Waals surface area contributed by atoms with Crippen LogP contribution in [0.1, 0.15) is 91.8 Å². The fraction of sp³-hybridized carbons (Fsp3) is 0.500. The summed E-state index contributed by atoms with van der Waals surface area (Å²) in [6, 6.07) is 11.1. The number of fused-ring (bicyclic) bond motifs is 3. The van der Waals surface area contributed by atoms with Crippen molar-refractivity contribution in [1.82, 2.24) is 5.32 Å². The molecule has 3 rings (SSSR count). The first-order valence-corrected chi connectivity index (χ1v) is 12.8. The highest BCUT2D eigenvalue weighted by atomic mass is 32.2. The fourth-order valence-corrected chi connectivity index (χ4v) is 4.28. The van der Waals surface area contributed by atoms with Crippen LogP contribution in [0.5, 0.6) is 0 Å². The van der Waals surface area contributed by atoms with Gasteiger partial charge in [0.1, 0.15) is 0 Å². The van der Waals surface area contributed by atoms with Gasteiger partial charge in [-0.3, -0.25) is 19.5 Å². The van der Waals surface area contributed by atoms with Crippen molar-refractivity contribution < 1.29 is 22.6 Å². The molecule has 0 unspecified atom stereocenters. The number of carbonyl (C=O) groups excluding carboxylic acids is 2. The number of rotatable bonds is 11. The topological polar surface area (TPSA) is 101 Å². The molecule has 0 radical (unpaired) electrons. The number of amides is 2. The molecule has 1 aliphatic rings. The van der Waals surface area contributed by atoms with E-state index in [1.807, 2.05) is 30.3 Å². The normalized spacial score (nSPS) is 13.0. The van der Waals surface area contributed by atoms with Crippen LogP contribution >= 0.6 is 0 Å². The van der Waals surface area contributed by atoms with Gasteiger partial charge in [0, 0.05) is 0 Å². The van der Waals surface area contributed by atoms with E-state index in [9.17, 15) is 18.0 Å². The highest BCUT2D eigenvalue weighted by molar-refractivity contribution is 7.85. The maximum absolute atomic E-state index is 11.6. The van der Waals surface area contributed by atoms with Gasteiger partial charge in [0.25, 0.3) is 21.9 Å². The molecule has 0 spiro atoms. The van der Waals surface area contributed by atoms with Gasteiger partial charge in [-0.2, -0.15) is 8.42 Å². The number of hydrogen-bond donors (Lipinski definition) is 2. The first-order chi connectivity index (χ1) is 14.8. The molecule has 0 atom stereocenters. The molecular weight excluding hydrogens is 414 g/mol. The Balaban J connectivity index is 0.000000220. The summed E-state index contributed by atoms with van der Waals surface area (Å²) in [6.07, 6.45) is 11.7. The molecule has 1 heterocycles. The number of nitrogens with one attached hydrogen (secondary N) is 1. The molecule has 0 bridgehead atoms. The molecular formula is C24H33NO5S. The summed E-state index contributed by atoms with van der Waals surface area (Å²) >= 11 is 0. The molecule has 6 nitrogen and oxygen atoms in total. The minimum Gasteiger partial charge on any atom is -0.288 e. The molecule has 0 saturated carbocycles. The number of imide groups is 1. The van der Waals surface area contributed by atoms with Crippen LogP contribution in [-0.4, -0.2) is 30.5 Å². The van der Waals surface area contributed by atoms with E-state index in [4.69, 9.17) is 4.55 Å². The van der Waals surface area contributed by atoms with E-state index in [0.717, 1.165) is 23.6 Å². The van der Waals surface area contributed by atoms with Crippen molar-refractivity contribution in [3.63, 3.8) is 0 Å². The second-order valence-corrected chi connectivity index (χ2v) is 9.53. The van der Waals surface area contributed by atoms with E-state index in [1.165, 1.54) is 44.9 Å². The van der Waals surface area contributed by atoms with Crippen LogP contribution in [0.4, 0.5) is 0 Å². The lowest BCUT2D eigenvalue weighted by Crippen LogP contribution is -2.19. The van der Waals surface area contributed by atoms with Crippen molar-refractivity contribution in [2.75, 3.05) is 5.75 Å². The maximum Gasteiger partial charge on any atom is 0.264 e. The minimum absolute atomic E-state index is 0.0799. The molecule has 2 amide bonds. The van der Waals surface area contributed by atoms with Gasteiger partial charge < -0.3 is 0 Å². The Labute approximate surface area is 185 Å². The fourth-order valence-electron chi connectivity index (χ4n) is 3.71. The number of unbranched alkanes of at least 4 members (excludes halogenated alkanes) is 9. The average molecular weight is 448 g/mol. The average Bonchev–Trinajstić information content (AvgIpc) is 3.03. The van der Waals surface area contributed by atoms with E-state index in [1.54, 1.807) is 6.07 Å². The van der Waals surface area contributed by atoms with Crippen molar-refractivity contribution in [3.05, 3.63) is 47.5 Å². The van der Waals surface area contributed by atoms with Crippen LogP contribution in [0, 0.1) is 0 Å². The highest BCUT2D eigenvalue weighted by Gasteiger charge is 2.28. The zero-order valence-corrected chi connectivity index (χ0v) is 19.0. The monoisotopic (exact) mass is 447 g/mol. The molecule has 2 aromatic rings. The Morgan fingerprint density at radius 2 is 1.35 bits per heavy atom. The number of hydrogen-bond acceptors (Lipinski definition) is 4. The zero-order valence-electron chi connectivity index (χ0n) is 18.2. The maximum atomic E-state index is 11.6. The first-order valence-electron chi connectivity index (χ1n) is 11.2. The summed E-state index contributed by atoms with van der Waals surface area (Å²) in [5.74, 6) is -0.684. The summed E-state index contributed by atoms with van der Waals surface area (Å²) in [4.78, 5) is 22.9. The quantitative estimate of drug-likeness (QED) is 0.268. The van der Waals surface area contributed by atoms with E-state index >= 15 is 0 Å². The highest BCUT2D eigenvalue weighted by Crippen LogP contribution is 2.25. The van der Waals surface area contributed by atoms with E-state index < -0.39 is 10.1 Å². The van der Waals surface area contributed by atoms with Crippen LogP contribution in [0.3, 0.4) is 0 Å². The SMILES string of the molecule is CCCCCCCCCCCCS(=O)(=O)O.O=C1NC(=O)c2c1ccc1ccccc21. The first kappa shape index (κ1) is 25.0. The smallest absolute Gasteiger partial charge is 0.264 e. The standard InChI is InChI=1S/C12H7NO2.C12H26O3S/c14-11-9-6-5-7-3-1-2-4-8(7)10(9)12(15)13-11;1-2-3-4-5-6-7-8-9-10-11-12-16(13,14)15/h1-6H,(H,13,14,15);2-12H2,1H3,(H,13,14,15). The van der Waals surface area contributed by atoms with Crippen molar-refractivity contribution >= 4 is 32.7 Å². The molecule has 2 N–H and O–H groups in total. The third-order valence-electron chi connectivity index (χ3n) is 5.38. The van der Waals surface area contributed by atoms with Gasteiger partial charge in [-0.05, 0) is 23.3 Å². The molecule has 2 aromatic carbocycles. The second kappa shape index (κ2) is 12.6. The lowest BCUT2D eigenvalue weighted by Gasteiger charge is -2.01. The van der Waals surface area contributed by atoms with Gasteiger partial charge in [-0.25, -0.2) is 0 Å². The van der Waals surface area contributed by atoms with E-state index in [-0.39, 0.29) is 17.6 Å². The summed E-state index contributed by atoms with van der Waals surface area (Å²) in [5, 5.41) is 4.10. The van der Waals surface area contributed by atoms with Crippen LogP contribution in [-0.2, 0) is 10.1 Å². The van der Waals surface area contributed by atoms with E-state index in [0.29, 0.717) is 17.5 Å². The molecule has 0 saturated heterocycles. The summed E-state index contributed by atoms with van der Waals surface area (Å²) < 4.78 is 29.4. The molecule has 31 heavy (non-hydrogen) atoms. The third-order valence-corrected chi connectivity index (χ3v) is 6.19. The Kier molecular flexibility index (Phi) is 10.1. The Morgan fingerprint density at radius 1 is 0.774 bits per heavy atom. The Hall–Kier alpha value is -2.25. The number of benzene rings is 2. The number of carbonyl (C=O) groups is 2. The van der Waals surface area contributed by atoms with Gasteiger partial charge in [0.15, 0.2) is 0 Å². The van der Waals surface area contributed by atoms with E-state index in [2.05, 4.69) is 12.2 Å². The van der Waals surface area contributed by atoms with Gasteiger partial charge in [-0.15, -0.1) is 0 Å². The summed E-state index contributed by atoms with van der Waals surface area (Å²) in [5.41, 5.74) is 0.969. The van der Waals surface area contributed by atoms with Crippen LogP contribution in [0.2, 0.25) is 0 Å². The Morgan fingerprint density at radius 3 is 1.97 bits per heavy atom. The molecule has 7 heteroatoms. The predicted molar refractivity (Wildman–Crippen MR) is 124 cm³/mol. The Bertz CT molecular complexity index is 985. The van der Waals surface area contributed by atoms with Crippen molar-refractivity contribution in [2.45, 2.75) is 71.1 Å². The molecule has 0 aromatic heterocycles. The lowest BCUT2D eigenvalue weighted by molar-refractivity contribution is 0.0880. The van der Waals surface area contributed by atoms with Crippen molar-refractivity contribution in [1.29, 1.82) is 0 Å². The molecule has 0 aliphatic carbocycles.